The summed E-state index contributed by atoms with van der Waals surface area (Å²) in [6, 6.07) is 13.3. The van der Waals surface area contributed by atoms with Crippen LogP contribution in [0.25, 0.3) is 0 Å². The molecule has 7 heteroatoms. The molecule has 2 aromatic rings. The van der Waals surface area contributed by atoms with Crippen molar-refractivity contribution in [2.75, 3.05) is 13.2 Å². The van der Waals surface area contributed by atoms with Gasteiger partial charge in [0.15, 0.2) is 0 Å². The molecule has 0 aromatic heterocycles. The molecule has 2 aromatic carbocycles. The topological polar surface area (TPSA) is 47.6 Å². The highest BCUT2D eigenvalue weighted by Crippen LogP contribution is 2.27. The van der Waals surface area contributed by atoms with Crippen molar-refractivity contribution in [1.29, 1.82) is 0 Å². The summed E-state index contributed by atoms with van der Waals surface area (Å²) >= 11 is 0. The number of ether oxygens (including phenoxy) is 2. The molecule has 1 amide bonds. The molecule has 0 aliphatic carbocycles. The summed E-state index contributed by atoms with van der Waals surface area (Å²) in [5.41, 5.74) is 1.82. The Kier molecular flexibility index (Phi) is 5.35. The van der Waals surface area contributed by atoms with E-state index in [1.807, 2.05) is 24.3 Å². The van der Waals surface area contributed by atoms with Gasteiger partial charge in [-0.15, -0.1) is 13.2 Å². The lowest BCUT2D eigenvalue weighted by Gasteiger charge is -2.24. The van der Waals surface area contributed by atoms with Crippen LogP contribution in [0.4, 0.5) is 13.2 Å². The Morgan fingerprint density at radius 1 is 1.15 bits per heavy atom. The Labute approximate surface area is 148 Å². The number of hydrogen-bond donors (Lipinski definition) is 1. The predicted molar refractivity (Wildman–Crippen MR) is 89.0 cm³/mol. The van der Waals surface area contributed by atoms with Gasteiger partial charge in [-0.25, -0.2) is 0 Å². The minimum Gasteiger partial charge on any atom is -0.492 e. The molecule has 26 heavy (non-hydrogen) atoms. The molecule has 1 aliphatic rings. The van der Waals surface area contributed by atoms with Crippen LogP contribution in [0, 0.1) is 5.92 Å². The number of carbonyl (C=O) groups is 1. The van der Waals surface area contributed by atoms with Gasteiger partial charge in [-0.05, 0) is 42.2 Å². The van der Waals surface area contributed by atoms with Gasteiger partial charge >= 0.3 is 6.36 Å². The molecule has 0 fully saturated rings. The maximum Gasteiger partial charge on any atom is 0.573 e. The average molecular weight is 365 g/mol. The molecule has 4 nitrogen and oxygen atoms in total. The second-order valence-corrected chi connectivity index (χ2v) is 6.05. The van der Waals surface area contributed by atoms with E-state index in [1.54, 1.807) is 12.1 Å². The van der Waals surface area contributed by atoms with Gasteiger partial charge in [0, 0.05) is 6.54 Å². The largest absolute Gasteiger partial charge is 0.573 e. The number of para-hydroxylation sites is 1. The first kappa shape index (κ1) is 18.1. The quantitative estimate of drug-likeness (QED) is 0.882. The standard InChI is InChI=1S/C19H18F3NO3/c20-19(21,22)26-16-7-5-13(6-8-16)9-10-23-18(24)15-11-14-3-1-2-4-17(14)25-12-15/h1-8,15H,9-12H2,(H,23,24)/t15-/m1/s1. The van der Waals surface area contributed by atoms with E-state index in [4.69, 9.17) is 4.74 Å². The van der Waals surface area contributed by atoms with Crippen LogP contribution in [-0.2, 0) is 17.6 Å². The SMILES string of the molecule is O=C(NCCc1ccc(OC(F)(F)F)cc1)[C@H]1COc2ccccc2C1. The zero-order valence-corrected chi connectivity index (χ0v) is 13.9. The summed E-state index contributed by atoms with van der Waals surface area (Å²) in [4.78, 5) is 12.3. The van der Waals surface area contributed by atoms with E-state index in [0.29, 0.717) is 26.0 Å². The third kappa shape index (κ3) is 4.91. The molecular formula is C19H18F3NO3. The van der Waals surface area contributed by atoms with Crippen LogP contribution in [0.15, 0.2) is 48.5 Å². The maximum atomic E-state index is 12.3. The van der Waals surface area contributed by atoms with Crippen LogP contribution in [0.3, 0.4) is 0 Å². The van der Waals surface area contributed by atoms with Gasteiger partial charge in [-0.2, -0.15) is 0 Å². The van der Waals surface area contributed by atoms with Crippen LogP contribution in [0.2, 0.25) is 0 Å². The van der Waals surface area contributed by atoms with E-state index in [-0.39, 0.29) is 17.6 Å². The minimum atomic E-state index is -4.70. The van der Waals surface area contributed by atoms with Gasteiger partial charge in [0.25, 0.3) is 0 Å². The normalized spacial score (nSPS) is 16.3. The monoisotopic (exact) mass is 365 g/mol. The summed E-state index contributed by atoms with van der Waals surface area (Å²) in [5, 5.41) is 2.85. The first-order valence-electron chi connectivity index (χ1n) is 8.24. The summed E-state index contributed by atoms with van der Waals surface area (Å²) in [7, 11) is 0. The fourth-order valence-electron chi connectivity index (χ4n) is 2.83. The lowest BCUT2D eigenvalue weighted by Crippen LogP contribution is -2.38. The van der Waals surface area contributed by atoms with Gasteiger partial charge in [-0.3, -0.25) is 4.79 Å². The van der Waals surface area contributed by atoms with Gasteiger partial charge < -0.3 is 14.8 Å². The van der Waals surface area contributed by atoms with E-state index in [2.05, 4.69) is 10.1 Å². The molecule has 138 valence electrons. The van der Waals surface area contributed by atoms with E-state index in [1.165, 1.54) is 12.1 Å². The molecule has 3 rings (SSSR count). The number of carbonyl (C=O) groups excluding carboxylic acids is 1. The third-order valence-electron chi connectivity index (χ3n) is 4.12. The fraction of sp³-hybridized carbons (Fsp3) is 0.316. The van der Waals surface area contributed by atoms with Crippen molar-refractivity contribution in [2.24, 2.45) is 5.92 Å². The minimum absolute atomic E-state index is 0.0865. The maximum absolute atomic E-state index is 12.3. The van der Waals surface area contributed by atoms with Crippen molar-refractivity contribution >= 4 is 5.91 Å². The van der Waals surface area contributed by atoms with Crippen molar-refractivity contribution in [3.8, 4) is 11.5 Å². The Bertz CT molecular complexity index is 759. The van der Waals surface area contributed by atoms with Crippen LogP contribution < -0.4 is 14.8 Å². The molecule has 0 radical (unpaired) electrons. The van der Waals surface area contributed by atoms with Crippen molar-refractivity contribution < 1.29 is 27.4 Å². The summed E-state index contributed by atoms with van der Waals surface area (Å²) in [6.45, 7) is 0.739. The first-order chi connectivity index (χ1) is 12.4. The van der Waals surface area contributed by atoms with Crippen LogP contribution >= 0.6 is 0 Å². The first-order valence-corrected chi connectivity index (χ1v) is 8.24. The molecule has 0 spiro atoms. The van der Waals surface area contributed by atoms with Crippen LogP contribution in [-0.4, -0.2) is 25.4 Å². The van der Waals surface area contributed by atoms with Crippen molar-refractivity contribution in [1.82, 2.24) is 5.32 Å². The summed E-state index contributed by atoms with van der Waals surface area (Å²) in [6.07, 6.45) is -3.55. The number of benzene rings is 2. The summed E-state index contributed by atoms with van der Waals surface area (Å²) in [5.74, 6) is 0.227. The smallest absolute Gasteiger partial charge is 0.492 e. The van der Waals surface area contributed by atoms with E-state index in [9.17, 15) is 18.0 Å². The van der Waals surface area contributed by atoms with Gasteiger partial charge in [0.1, 0.15) is 18.1 Å². The Morgan fingerprint density at radius 3 is 2.62 bits per heavy atom. The molecule has 1 atom stereocenters. The number of hydrogen-bond acceptors (Lipinski definition) is 3. The molecule has 1 heterocycles. The van der Waals surface area contributed by atoms with E-state index >= 15 is 0 Å². The lowest BCUT2D eigenvalue weighted by molar-refractivity contribution is -0.274. The third-order valence-corrected chi connectivity index (χ3v) is 4.12. The van der Waals surface area contributed by atoms with Crippen molar-refractivity contribution in [3.63, 3.8) is 0 Å². The van der Waals surface area contributed by atoms with Gasteiger partial charge in [0.05, 0.1) is 5.92 Å². The lowest BCUT2D eigenvalue weighted by atomic mass is 9.96. The molecular weight excluding hydrogens is 347 g/mol. The molecule has 0 bridgehead atoms. The number of alkyl halides is 3. The molecule has 0 saturated heterocycles. The highest BCUT2D eigenvalue weighted by atomic mass is 19.4. The number of rotatable bonds is 5. The highest BCUT2D eigenvalue weighted by molar-refractivity contribution is 5.79. The van der Waals surface area contributed by atoms with Gasteiger partial charge in [0.2, 0.25) is 5.91 Å². The number of nitrogens with one attached hydrogen (secondary N) is 1. The molecule has 0 unspecified atom stereocenters. The van der Waals surface area contributed by atoms with Crippen LogP contribution in [0.5, 0.6) is 11.5 Å². The number of halogens is 3. The molecule has 1 aliphatic heterocycles. The van der Waals surface area contributed by atoms with Gasteiger partial charge in [-0.1, -0.05) is 30.3 Å². The van der Waals surface area contributed by atoms with Crippen molar-refractivity contribution in [2.45, 2.75) is 19.2 Å². The van der Waals surface area contributed by atoms with Crippen LogP contribution in [0.1, 0.15) is 11.1 Å². The zero-order chi connectivity index (χ0) is 18.6. The van der Waals surface area contributed by atoms with E-state index < -0.39 is 6.36 Å². The number of amides is 1. The average Bonchev–Trinajstić information content (AvgIpc) is 2.61. The Hall–Kier alpha value is -2.70. The Balaban J connectivity index is 1.45. The molecule has 1 N–H and O–H groups in total. The zero-order valence-electron chi connectivity index (χ0n) is 13.9. The second-order valence-electron chi connectivity index (χ2n) is 6.05. The second kappa shape index (κ2) is 7.68. The van der Waals surface area contributed by atoms with Crippen molar-refractivity contribution in [3.05, 3.63) is 59.7 Å². The summed E-state index contributed by atoms with van der Waals surface area (Å²) < 4.78 is 45.8. The Morgan fingerprint density at radius 2 is 1.88 bits per heavy atom. The number of fused-ring (bicyclic) bond motifs is 1. The van der Waals surface area contributed by atoms with E-state index in [0.717, 1.165) is 16.9 Å². The predicted octanol–water partition coefficient (Wildman–Crippen LogP) is 3.50. The highest BCUT2D eigenvalue weighted by Gasteiger charge is 2.31. The fourth-order valence-corrected chi connectivity index (χ4v) is 2.83. The molecule has 0 saturated carbocycles.